The van der Waals surface area contributed by atoms with Crippen molar-refractivity contribution in [1.29, 1.82) is 0 Å². The number of aliphatic carboxylic acids is 4. The van der Waals surface area contributed by atoms with E-state index in [2.05, 4.69) is 20.5 Å². The Kier molecular flexibility index (Phi) is 16.3. The fourth-order valence-electron chi connectivity index (χ4n) is 5.68. The number of carbonyl (C=O) groups is 5. The number of carboxylic acid groups (broad SMARTS) is 4. The summed E-state index contributed by atoms with van der Waals surface area (Å²) in [7, 11) is 1.53. The number of pyridine rings is 3. The molecule has 3 heterocycles. The molecule has 0 atom stereocenters. The summed E-state index contributed by atoms with van der Waals surface area (Å²) in [6, 6.07) is 19.9. The van der Waals surface area contributed by atoms with E-state index in [4.69, 9.17) is 26.9 Å². The molecule has 0 unspecified atom stereocenters. The van der Waals surface area contributed by atoms with Crippen LogP contribution in [0.2, 0.25) is 0 Å². The highest BCUT2D eigenvalue weighted by Gasteiger charge is 2.20. The van der Waals surface area contributed by atoms with Crippen LogP contribution in [0, 0.1) is 0 Å². The van der Waals surface area contributed by atoms with Crippen molar-refractivity contribution in [3.63, 3.8) is 0 Å². The lowest BCUT2D eigenvalue weighted by Crippen LogP contribution is -2.47. The van der Waals surface area contributed by atoms with E-state index < -0.39 is 56.0 Å². The van der Waals surface area contributed by atoms with Gasteiger partial charge in [0.05, 0.1) is 80.0 Å². The predicted molar refractivity (Wildman–Crippen MR) is 209 cm³/mol. The number of hydrogen-bond acceptors (Lipinski definition) is 14. The highest BCUT2D eigenvalue weighted by atomic mass is 32.1. The molecule has 0 bridgehead atoms. The molecule has 3 aromatic heterocycles. The molecule has 4 aromatic rings. The van der Waals surface area contributed by atoms with Crippen LogP contribution in [0.5, 0.6) is 5.75 Å². The minimum atomic E-state index is -1.24. The topological polar surface area (TPSA) is 248 Å². The number of aliphatic imine (C=N–C) groups is 1. The summed E-state index contributed by atoms with van der Waals surface area (Å²) in [5.74, 6) is -4.93. The Hall–Kier alpha value is -6.50. The number of isothiocyanates is 1. The Morgan fingerprint density at radius 3 is 1.81 bits per heavy atom. The fraction of sp³-hybridized carbons (Fsp3) is 0.289. The van der Waals surface area contributed by atoms with E-state index in [-0.39, 0.29) is 39.3 Å². The van der Waals surface area contributed by atoms with Crippen molar-refractivity contribution in [1.82, 2.24) is 35.0 Å². The number of thiocarbonyl (C=S) groups is 1. The van der Waals surface area contributed by atoms with Gasteiger partial charge in [0, 0.05) is 32.4 Å². The van der Waals surface area contributed by atoms with Crippen LogP contribution in [0.4, 0.5) is 5.69 Å². The van der Waals surface area contributed by atoms with Gasteiger partial charge in [-0.2, -0.15) is 4.99 Å². The first-order chi connectivity index (χ1) is 27.3. The molecule has 298 valence electrons. The van der Waals surface area contributed by atoms with Crippen LogP contribution in [-0.2, 0) is 30.5 Å². The average Bonchev–Trinajstić information content (AvgIpc) is 3.17. The van der Waals surface area contributed by atoms with E-state index in [0.29, 0.717) is 39.9 Å². The largest absolute Gasteiger partial charge is 0.494 e. The maximum Gasteiger partial charge on any atom is 0.317 e. The second kappa shape index (κ2) is 21.6. The standard InChI is InChI=1S/C38H40N8O10S/c1-56-33-9-8-25(15-32(33)41-24-57)26-16-30(28-6-2-3-10-39-28)43-31(17-26)29-7-4-5-27(42-29)18-40-34(47)19-44(11-13-45(20-35(48)49)21-36(50)51)12-14-46(22-37(52)53)23-38(54)55/h2-10,15-17H,11-14,18-23H2,1H3,(H,40,47)(H,48,49)(H,50,51)(H,52,53)(H,54,55). The lowest BCUT2D eigenvalue weighted by Gasteiger charge is -2.28. The molecule has 19 heteroatoms. The number of hydrogen-bond donors (Lipinski definition) is 5. The van der Waals surface area contributed by atoms with Crippen LogP contribution >= 0.6 is 12.2 Å². The number of amides is 1. The minimum Gasteiger partial charge on any atom is -0.494 e. The number of aromatic nitrogens is 3. The van der Waals surface area contributed by atoms with Crippen molar-refractivity contribution >= 4 is 52.9 Å². The summed E-state index contributed by atoms with van der Waals surface area (Å²) in [5.41, 5.74) is 4.77. The smallest absolute Gasteiger partial charge is 0.317 e. The number of nitrogens with one attached hydrogen (secondary N) is 1. The van der Waals surface area contributed by atoms with E-state index >= 15 is 0 Å². The van der Waals surface area contributed by atoms with E-state index in [1.807, 2.05) is 36.4 Å². The normalized spacial score (nSPS) is 10.9. The zero-order chi connectivity index (χ0) is 41.3. The summed E-state index contributed by atoms with van der Waals surface area (Å²) in [6.07, 6.45) is 1.66. The maximum absolute atomic E-state index is 13.3. The molecular formula is C38H40N8O10S. The van der Waals surface area contributed by atoms with Crippen molar-refractivity contribution < 1.29 is 49.1 Å². The van der Waals surface area contributed by atoms with Gasteiger partial charge in [0.25, 0.3) is 0 Å². The molecule has 0 aliphatic heterocycles. The van der Waals surface area contributed by atoms with Gasteiger partial charge in [0.2, 0.25) is 5.91 Å². The molecular weight excluding hydrogens is 761 g/mol. The predicted octanol–water partition coefficient (Wildman–Crippen LogP) is 2.48. The molecule has 1 aromatic carbocycles. The number of nitrogens with zero attached hydrogens (tertiary/aromatic N) is 7. The van der Waals surface area contributed by atoms with Crippen LogP contribution in [0.25, 0.3) is 33.9 Å². The number of methoxy groups -OCH3 is 1. The van der Waals surface area contributed by atoms with Crippen LogP contribution in [-0.4, -0.2) is 151 Å². The van der Waals surface area contributed by atoms with Gasteiger partial charge in [0.15, 0.2) is 0 Å². The van der Waals surface area contributed by atoms with Gasteiger partial charge in [-0.25, -0.2) is 9.97 Å². The van der Waals surface area contributed by atoms with Gasteiger partial charge in [0.1, 0.15) is 11.4 Å². The van der Waals surface area contributed by atoms with Crippen molar-refractivity contribution in [2.75, 3.05) is 66.0 Å². The number of rotatable bonds is 23. The van der Waals surface area contributed by atoms with E-state index in [9.17, 15) is 44.4 Å². The number of carbonyl (C=O) groups excluding carboxylic acids is 1. The molecule has 1 amide bonds. The van der Waals surface area contributed by atoms with Crippen molar-refractivity contribution in [2.24, 2.45) is 4.99 Å². The number of carboxylic acids is 4. The minimum absolute atomic E-state index is 0.000962. The molecule has 57 heavy (non-hydrogen) atoms. The SMILES string of the molecule is COc1ccc(-c2cc(-c3ccccn3)nc(-c3cccc(CNC(=O)CN(CCN(CC(=O)O)CC(=O)O)CCN(CC(=O)O)CC(=O)O)n3)c2)cc1N=C=S. The molecule has 0 aliphatic carbocycles. The summed E-state index contributed by atoms with van der Waals surface area (Å²) in [6.45, 7) is -2.60. The van der Waals surface area contributed by atoms with E-state index in [1.165, 1.54) is 16.9 Å². The third-order valence-corrected chi connectivity index (χ3v) is 8.33. The molecule has 0 radical (unpaired) electrons. The average molecular weight is 801 g/mol. The second-order valence-electron chi connectivity index (χ2n) is 12.5. The Labute approximate surface area is 332 Å². The third-order valence-electron chi connectivity index (χ3n) is 8.23. The van der Waals surface area contributed by atoms with Gasteiger partial charge in [-0.1, -0.05) is 18.2 Å². The van der Waals surface area contributed by atoms with E-state index in [0.717, 1.165) is 11.1 Å². The molecule has 0 spiro atoms. The molecule has 18 nitrogen and oxygen atoms in total. The first kappa shape index (κ1) is 43.2. The first-order valence-corrected chi connectivity index (χ1v) is 17.7. The fourth-order valence-corrected chi connectivity index (χ4v) is 5.78. The highest BCUT2D eigenvalue weighted by Crippen LogP contribution is 2.35. The Bertz CT molecular complexity index is 2040. The third kappa shape index (κ3) is 14.3. The molecule has 0 saturated heterocycles. The first-order valence-electron chi connectivity index (χ1n) is 17.3. The van der Waals surface area contributed by atoms with Gasteiger partial charge in [-0.05, 0) is 71.9 Å². The van der Waals surface area contributed by atoms with Gasteiger partial charge in [-0.15, -0.1) is 0 Å². The van der Waals surface area contributed by atoms with Crippen molar-refractivity contribution in [3.8, 4) is 39.7 Å². The second-order valence-corrected chi connectivity index (χ2v) is 12.7. The molecule has 4 rings (SSSR count). The monoisotopic (exact) mass is 800 g/mol. The van der Waals surface area contributed by atoms with E-state index in [1.54, 1.807) is 41.4 Å². The number of benzene rings is 1. The molecule has 0 fully saturated rings. The lowest BCUT2D eigenvalue weighted by molar-refractivity contribution is -0.143. The van der Waals surface area contributed by atoms with Gasteiger partial charge in [-0.3, -0.25) is 43.7 Å². The quantitative estimate of drug-likeness (QED) is 0.0534. The Morgan fingerprint density at radius 1 is 0.684 bits per heavy atom. The van der Waals surface area contributed by atoms with Gasteiger partial charge >= 0.3 is 23.9 Å². The zero-order valence-corrected chi connectivity index (χ0v) is 31.6. The molecule has 0 saturated carbocycles. The molecule has 5 N–H and O–H groups in total. The Balaban J connectivity index is 1.55. The number of ether oxygens (including phenoxy) is 1. The van der Waals surface area contributed by atoms with Crippen LogP contribution in [0.15, 0.2) is 77.9 Å². The van der Waals surface area contributed by atoms with Crippen molar-refractivity contribution in [2.45, 2.75) is 6.54 Å². The lowest BCUT2D eigenvalue weighted by atomic mass is 10.0. The van der Waals surface area contributed by atoms with Crippen LogP contribution in [0.3, 0.4) is 0 Å². The van der Waals surface area contributed by atoms with Crippen molar-refractivity contribution in [3.05, 3.63) is 78.6 Å². The summed E-state index contributed by atoms with van der Waals surface area (Å²) in [4.78, 5) is 80.7. The Morgan fingerprint density at radius 2 is 1.26 bits per heavy atom. The molecule has 0 aliphatic rings. The zero-order valence-electron chi connectivity index (χ0n) is 30.8. The van der Waals surface area contributed by atoms with Crippen LogP contribution < -0.4 is 10.1 Å². The highest BCUT2D eigenvalue weighted by molar-refractivity contribution is 7.78. The summed E-state index contributed by atoms with van der Waals surface area (Å²) in [5, 5.41) is 42.2. The summed E-state index contributed by atoms with van der Waals surface area (Å²) < 4.78 is 5.42. The van der Waals surface area contributed by atoms with Crippen LogP contribution in [0.1, 0.15) is 5.69 Å². The van der Waals surface area contributed by atoms with Gasteiger partial charge < -0.3 is 30.5 Å². The maximum atomic E-state index is 13.3. The summed E-state index contributed by atoms with van der Waals surface area (Å²) >= 11 is 4.83.